The molecule has 0 N–H and O–H groups in total. The molecule has 0 saturated heterocycles. The lowest BCUT2D eigenvalue weighted by atomic mass is 10.1. The van der Waals surface area contributed by atoms with E-state index in [1.165, 1.54) is 83.5 Å². The average Bonchev–Trinajstić information content (AvgIpc) is 2.47. The molecule has 0 aromatic carbocycles. The van der Waals surface area contributed by atoms with E-state index in [9.17, 15) is 0 Å². The first-order valence-electron chi connectivity index (χ1n) is 8.93. The molecule has 0 aliphatic heterocycles. The van der Waals surface area contributed by atoms with Gasteiger partial charge in [-0.1, -0.05) is 76.9 Å². The van der Waals surface area contributed by atoms with E-state index >= 15 is 0 Å². The fraction of sp³-hybridized carbons (Fsp3) is 0.842. The maximum Gasteiger partial charge on any atom is 0.0621 e. The Labute approximate surface area is 127 Å². The van der Waals surface area contributed by atoms with E-state index in [0.717, 1.165) is 12.8 Å². The molecule has 1 nitrogen and oxygen atoms in total. The number of allylic oxidation sites excluding steroid dienone is 2. The van der Waals surface area contributed by atoms with Crippen LogP contribution in [0.1, 0.15) is 103 Å². The summed E-state index contributed by atoms with van der Waals surface area (Å²) in [5, 5.41) is 8.43. The number of hydrogen-bond donors (Lipinski definition) is 0. The lowest BCUT2D eigenvalue weighted by Gasteiger charge is -1.99. The van der Waals surface area contributed by atoms with Crippen molar-refractivity contribution >= 4 is 0 Å². The first kappa shape index (κ1) is 19.2. The van der Waals surface area contributed by atoms with Gasteiger partial charge in [-0.15, -0.1) is 0 Å². The second-order valence-corrected chi connectivity index (χ2v) is 5.85. The Balaban J connectivity index is 3.03. The van der Waals surface area contributed by atoms with Crippen molar-refractivity contribution in [1.29, 1.82) is 5.26 Å². The third-order valence-corrected chi connectivity index (χ3v) is 3.80. The van der Waals surface area contributed by atoms with Crippen LogP contribution in [0, 0.1) is 11.3 Å². The van der Waals surface area contributed by atoms with Crippen LogP contribution in [0.15, 0.2) is 12.2 Å². The van der Waals surface area contributed by atoms with Gasteiger partial charge in [-0.05, 0) is 32.1 Å². The van der Waals surface area contributed by atoms with Crippen LogP contribution in [0.5, 0.6) is 0 Å². The van der Waals surface area contributed by atoms with E-state index in [1.54, 1.807) is 0 Å². The van der Waals surface area contributed by atoms with Crippen molar-refractivity contribution in [2.24, 2.45) is 0 Å². The maximum atomic E-state index is 8.43. The van der Waals surface area contributed by atoms with Gasteiger partial charge in [0.1, 0.15) is 0 Å². The van der Waals surface area contributed by atoms with E-state index in [0.29, 0.717) is 0 Å². The van der Waals surface area contributed by atoms with Gasteiger partial charge in [-0.25, -0.2) is 0 Å². The lowest BCUT2D eigenvalue weighted by molar-refractivity contribution is 0.584. The summed E-state index contributed by atoms with van der Waals surface area (Å²) in [5.41, 5.74) is 0. The predicted octanol–water partition coefficient (Wildman–Crippen LogP) is 6.94. The monoisotopic (exact) mass is 277 g/mol. The highest BCUT2D eigenvalue weighted by Crippen LogP contribution is 2.10. The first-order valence-corrected chi connectivity index (χ1v) is 8.93. The molecule has 0 aromatic rings. The molecule has 0 heterocycles. The number of hydrogen-bond acceptors (Lipinski definition) is 1. The summed E-state index contributed by atoms with van der Waals surface area (Å²) in [6.07, 6.45) is 24.1. The highest BCUT2D eigenvalue weighted by atomic mass is 14.2. The molecule has 0 atom stereocenters. The Hall–Kier alpha value is -0.770. The average molecular weight is 277 g/mol. The molecule has 0 bridgehead atoms. The molecule has 0 radical (unpaired) electrons. The Morgan fingerprint density at radius 1 is 0.650 bits per heavy atom. The van der Waals surface area contributed by atoms with Crippen molar-refractivity contribution in [2.45, 2.75) is 103 Å². The summed E-state index contributed by atoms with van der Waals surface area (Å²) >= 11 is 0. The van der Waals surface area contributed by atoms with Crippen molar-refractivity contribution in [3.63, 3.8) is 0 Å². The van der Waals surface area contributed by atoms with Crippen molar-refractivity contribution in [1.82, 2.24) is 0 Å². The number of nitriles is 1. The van der Waals surface area contributed by atoms with Gasteiger partial charge in [-0.3, -0.25) is 0 Å². The molecule has 0 aromatic heterocycles. The Kier molecular flexibility index (Phi) is 17.5. The second-order valence-electron chi connectivity index (χ2n) is 5.85. The third-order valence-electron chi connectivity index (χ3n) is 3.80. The highest BCUT2D eigenvalue weighted by Gasteiger charge is 1.91. The Morgan fingerprint density at radius 2 is 1.10 bits per heavy atom. The summed E-state index contributed by atoms with van der Waals surface area (Å²) in [7, 11) is 0. The molecule has 0 rings (SSSR count). The van der Waals surface area contributed by atoms with Crippen LogP contribution in [-0.2, 0) is 0 Å². The molecule has 0 aliphatic carbocycles. The topological polar surface area (TPSA) is 23.8 Å². The minimum Gasteiger partial charge on any atom is -0.198 e. The van der Waals surface area contributed by atoms with Crippen LogP contribution >= 0.6 is 0 Å². The minimum absolute atomic E-state index is 0.739. The second kappa shape index (κ2) is 18.2. The molecular formula is C19H35N. The van der Waals surface area contributed by atoms with Crippen LogP contribution in [0.25, 0.3) is 0 Å². The van der Waals surface area contributed by atoms with E-state index in [2.05, 4.69) is 25.1 Å². The van der Waals surface area contributed by atoms with Gasteiger partial charge in [0.2, 0.25) is 0 Å². The van der Waals surface area contributed by atoms with E-state index < -0.39 is 0 Å². The predicted molar refractivity (Wildman–Crippen MR) is 89.7 cm³/mol. The van der Waals surface area contributed by atoms with Crippen molar-refractivity contribution in [2.75, 3.05) is 0 Å². The lowest BCUT2D eigenvalue weighted by Crippen LogP contribution is -1.80. The third kappa shape index (κ3) is 17.2. The fourth-order valence-corrected chi connectivity index (χ4v) is 2.45. The van der Waals surface area contributed by atoms with Gasteiger partial charge in [0, 0.05) is 6.42 Å². The molecule has 0 amide bonds. The summed E-state index contributed by atoms with van der Waals surface area (Å²) < 4.78 is 0. The van der Waals surface area contributed by atoms with Gasteiger partial charge >= 0.3 is 0 Å². The van der Waals surface area contributed by atoms with Crippen LogP contribution < -0.4 is 0 Å². The normalized spacial score (nSPS) is 11.0. The van der Waals surface area contributed by atoms with Gasteiger partial charge in [0.15, 0.2) is 0 Å². The van der Waals surface area contributed by atoms with Gasteiger partial charge in [0.25, 0.3) is 0 Å². The van der Waals surface area contributed by atoms with Gasteiger partial charge < -0.3 is 0 Å². The highest BCUT2D eigenvalue weighted by molar-refractivity contribution is 4.81. The summed E-state index contributed by atoms with van der Waals surface area (Å²) in [5.74, 6) is 0. The molecule has 0 saturated carbocycles. The zero-order valence-corrected chi connectivity index (χ0v) is 13.7. The molecular weight excluding hydrogens is 242 g/mol. The SMILES string of the molecule is CCCCCCC/C=C\CCCCCCCCCC#N. The minimum atomic E-state index is 0.739. The van der Waals surface area contributed by atoms with Gasteiger partial charge in [-0.2, -0.15) is 5.26 Å². The quantitative estimate of drug-likeness (QED) is 0.235. The first-order chi connectivity index (χ1) is 9.91. The molecule has 1 heteroatoms. The standard InChI is InChI=1S/C19H35N/c1-2-3-4-5-6-7-8-9-10-11-12-13-14-15-16-17-18-19-20/h8-9H,2-7,10-18H2,1H3/b9-8-. The number of unbranched alkanes of at least 4 members (excludes halogenated alkanes) is 13. The summed E-state index contributed by atoms with van der Waals surface area (Å²) in [4.78, 5) is 0. The summed E-state index contributed by atoms with van der Waals surface area (Å²) in [6, 6.07) is 2.21. The van der Waals surface area contributed by atoms with E-state index in [-0.39, 0.29) is 0 Å². The Morgan fingerprint density at radius 3 is 1.60 bits per heavy atom. The fourth-order valence-electron chi connectivity index (χ4n) is 2.45. The molecule has 0 unspecified atom stereocenters. The van der Waals surface area contributed by atoms with Crippen LogP contribution in [0.4, 0.5) is 0 Å². The molecule has 116 valence electrons. The van der Waals surface area contributed by atoms with E-state index in [4.69, 9.17) is 5.26 Å². The molecule has 0 spiro atoms. The molecule has 0 aliphatic rings. The van der Waals surface area contributed by atoms with E-state index in [1.807, 2.05) is 0 Å². The Bertz CT molecular complexity index is 237. The molecule has 0 fully saturated rings. The summed E-state index contributed by atoms with van der Waals surface area (Å²) in [6.45, 7) is 2.27. The van der Waals surface area contributed by atoms with Crippen molar-refractivity contribution in [3.05, 3.63) is 12.2 Å². The maximum absolute atomic E-state index is 8.43. The van der Waals surface area contributed by atoms with Crippen LogP contribution in [-0.4, -0.2) is 0 Å². The largest absolute Gasteiger partial charge is 0.198 e. The van der Waals surface area contributed by atoms with Crippen LogP contribution in [0.3, 0.4) is 0 Å². The van der Waals surface area contributed by atoms with Crippen LogP contribution in [0.2, 0.25) is 0 Å². The van der Waals surface area contributed by atoms with Gasteiger partial charge in [0.05, 0.1) is 6.07 Å². The smallest absolute Gasteiger partial charge is 0.0621 e. The molecule has 20 heavy (non-hydrogen) atoms. The van der Waals surface area contributed by atoms with Crippen molar-refractivity contribution in [3.8, 4) is 6.07 Å². The number of rotatable bonds is 15. The zero-order valence-electron chi connectivity index (χ0n) is 13.7. The zero-order chi connectivity index (χ0) is 14.7. The van der Waals surface area contributed by atoms with Crippen molar-refractivity contribution < 1.29 is 0 Å². The number of nitrogens with zero attached hydrogens (tertiary/aromatic N) is 1.